The molecule has 0 unspecified atom stereocenters. The van der Waals surface area contributed by atoms with Crippen LogP contribution in [0.2, 0.25) is 0 Å². The van der Waals surface area contributed by atoms with E-state index in [1.54, 1.807) is 12.3 Å². The quantitative estimate of drug-likeness (QED) is 0.723. The highest BCUT2D eigenvalue weighted by molar-refractivity contribution is 5.90. The summed E-state index contributed by atoms with van der Waals surface area (Å²) in [6, 6.07) is 4.45. The Hall–Kier alpha value is -3.30. The largest absolute Gasteiger partial charge is 0.356 e. The number of aromatic nitrogens is 4. The van der Waals surface area contributed by atoms with Gasteiger partial charge < -0.3 is 10.2 Å². The summed E-state index contributed by atoms with van der Waals surface area (Å²) in [6.07, 6.45) is 6.16. The molecule has 0 bridgehead atoms. The van der Waals surface area contributed by atoms with Crippen molar-refractivity contribution < 1.29 is 13.6 Å². The van der Waals surface area contributed by atoms with Gasteiger partial charge in [0, 0.05) is 31.0 Å². The smallest absolute Gasteiger partial charge is 0.352 e. The highest BCUT2D eigenvalue weighted by Gasteiger charge is 2.16. The van der Waals surface area contributed by atoms with Gasteiger partial charge in [-0.25, -0.2) is 22.7 Å². The molecule has 8 nitrogen and oxygen atoms in total. The zero-order valence-electron chi connectivity index (χ0n) is 15.6. The van der Waals surface area contributed by atoms with E-state index in [2.05, 4.69) is 20.3 Å². The summed E-state index contributed by atoms with van der Waals surface area (Å²) >= 11 is 0. The molecule has 0 atom stereocenters. The van der Waals surface area contributed by atoms with E-state index in [-0.39, 0.29) is 11.5 Å². The van der Waals surface area contributed by atoms with Crippen LogP contribution < -0.4 is 15.9 Å². The molecule has 152 valence electrons. The van der Waals surface area contributed by atoms with Gasteiger partial charge in [0.1, 0.15) is 24.0 Å². The first-order valence-corrected chi connectivity index (χ1v) is 9.47. The molecule has 0 aliphatic carbocycles. The predicted molar refractivity (Wildman–Crippen MR) is 103 cm³/mol. The molecular weight excluding hydrogens is 382 g/mol. The topological polar surface area (TPSA) is 84.5 Å². The van der Waals surface area contributed by atoms with Gasteiger partial charge in [0.05, 0.1) is 0 Å². The number of halogens is 2. The van der Waals surface area contributed by atoms with E-state index in [4.69, 9.17) is 0 Å². The normalized spacial score (nSPS) is 14.8. The van der Waals surface area contributed by atoms with Gasteiger partial charge in [-0.05, 0) is 31.0 Å². The lowest BCUT2D eigenvalue weighted by atomic mass is 10.2. The monoisotopic (exact) mass is 402 g/mol. The fourth-order valence-corrected chi connectivity index (χ4v) is 3.44. The zero-order chi connectivity index (χ0) is 20.4. The van der Waals surface area contributed by atoms with Crippen LogP contribution in [0.1, 0.15) is 25.7 Å². The highest BCUT2D eigenvalue weighted by Crippen LogP contribution is 2.17. The van der Waals surface area contributed by atoms with E-state index in [1.807, 2.05) is 0 Å². The van der Waals surface area contributed by atoms with Gasteiger partial charge in [-0.1, -0.05) is 12.8 Å². The standard InChI is InChI=1S/C19H20F2N6O2/c20-13-9-14(21)11-15(10-13)22-17(28)12-27-19(29)26-8-5-16(23-18(26)24-27)25-6-3-1-2-4-7-25/h5,8-11H,1-4,6-7,12H2,(H,22,28). The zero-order valence-corrected chi connectivity index (χ0v) is 15.6. The average Bonchev–Trinajstić information content (AvgIpc) is 2.85. The summed E-state index contributed by atoms with van der Waals surface area (Å²) in [6.45, 7) is 1.40. The minimum Gasteiger partial charge on any atom is -0.356 e. The van der Waals surface area contributed by atoms with Crippen LogP contribution in [0.4, 0.5) is 20.3 Å². The maximum absolute atomic E-state index is 13.3. The first-order valence-electron chi connectivity index (χ1n) is 9.47. The Labute approximate surface area is 164 Å². The molecule has 1 saturated heterocycles. The van der Waals surface area contributed by atoms with E-state index >= 15 is 0 Å². The first-order chi connectivity index (χ1) is 14.0. The number of hydrogen-bond donors (Lipinski definition) is 1. The second-order valence-corrected chi connectivity index (χ2v) is 7.00. The van der Waals surface area contributed by atoms with Crippen molar-refractivity contribution in [1.82, 2.24) is 19.2 Å². The molecule has 1 N–H and O–H groups in total. The second-order valence-electron chi connectivity index (χ2n) is 7.00. The number of carbonyl (C=O) groups is 1. The van der Waals surface area contributed by atoms with E-state index < -0.39 is 29.8 Å². The maximum atomic E-state index is 13.3. The molecule has 0 saturated carbocycles. The van der Waals surface area contributed by atoms with E-state index in [9.17, 15) is 18.4 Å². The summed E-state index contributed by atoms with van der Waals surface area (Å²) in [5.41, 5.74) is -0.554. The number of nitrogens with zero attached hydrogens (tertiary/aromatic N) is 5. The number of fused-ring (bicyclic) bond motifs is 1. The van der Waals surface area contributed by atoms with Gasteiger partial charge in [-0.15, -0.1) is 5.10 Å². The Kier molecular flexibility index (Phi) is 5.24. The van der Waals surface area contributed by atoms with E-state index in [1.165, 1.54) is 17.2 Å². The van der Waals surface area contributed by atoms with Crippen LogP contribution in [0.5, 0.6) is 0 Å². The lowest BCUT2D eigenvalue weighted by Crippen LogP contribution is -2.28. The van der Waals surface area contributed by atoms with Crippen LogP contribution >= 0.6 is 0 Å². The van der Waals surface area contributed by atoms with E-state index in [0.717, 1.165) is 48.6 Å². The van der Waals surface area contributed by atoms with Crippen molar-refractivity contribution in [1.29, 1.82) is 0 Å². The third-order valence-electron chi connectivity index (χ3n) is 4.81. The van der Waals surface area contributed by atoms with Crippen molar-refractivity contribution in [3.05, 3.63) is 52.6 Å². The van der Waals surface area contributed by atoms with Crippen LogP contribution in [0, 0.1) is 11.6 Å². The van der Waals surface area contributed by atoms with Crippen molar-refractivity contribution in [2.45, 2.75) is 32.2 Å². The maximum Gasteiger partial charge on any atom is 0.352 e. The SMILES string of the molecule is O=C(Cn1nc2nc(N3CCCCCC3)ccn2c1=O)Nc1cc(F)cc(F)c1. The summed E-state index contributed by atoms with van der Waals surface area (Å²) in [5, 5.41) is 6.49. The fraction of sp³-hybridized carbons (Fsp3) is 0.368. The van der Waals surface area contributed by atoms with Gasteiger partial charge in [0.15, 0.2) is 0 Å². The van der Waals surface area contributed by atoms with Crippen LogP contribution in [0.3, 0.4) is 0 Å². The van der Waals surface area contributed by atoms with Gasteiger partial charge in [0.25, 0.3) is 5.78 Å². The number of rotatable bonds is 4. The number of carbonyl (C=O) groups excluding carboxylic acids is 1. The Morgan fingerprint density at radius 1 is 1.07 bits per heavy atom. The van der Waals surface area contributed by atoms with Crippen molar-refractivity contribution in [3.63, 3.8) is 0 Å². The van der Waals surface area contributed by atoms with Gasteiger partial charge in [-0.3, -0.25) is 4.79 Å². The Morgan fingerprint density at radius 3 is 2.45 bits per heavy atom. The Morgan fingerprint density at radius 2 is 1.76 bits per heavy atom. The van der Waals surface area contributed by atoms with Crippen molar-refractivity contribution >= 4 is 23.2 Å². The average molecular weight is 402 g/mol. The molecule has 0 spiro atoms. The Balaban J connectivity index is 1.53. The molecule has 1 aliphatic rings. The highest BCUT2D eigenvalue weighted by atomic mass is 19.1. The summed E-state index contributed by atoms with van der Waals surface area (Å²) < 4.78 is 28.7. The van der Waals surface area contributed by atoms with Gasteiger partial charge in [0.2, 0.25) is 5.91 Å². The summed E-state index contributed by atoms with van der Waals surface area (Å²) in [5.74, 6) is -1.31. The van der Waals surface area contributed by atoms with Gasteiger partial charge in [-0.2, -0.15) is 4.98 Å². The van der Waals surface area contributed by atoms with Crippen LogP contribution in [0.25, 0.3) is 5.78 Å². The molecule has 0 radical (unpaired) electrons. The molecule has 1 aromatic carbocycles. The molecule has 3 aromatic rings. The van der Waals surface area contributed by atoms with Crippen LogP contribution in [0.15, 0.2) is 35.3 Å². The second kappa shape index (κ2) is 7.98. The van der Waals surface area contributed by atoms with Crippen molar-refractivity contribution in [2.75, 3.05) is 23.3 Å². The molecule has 29 heavy (non-hydrogen) atoms. The summed E-state index contributed by atoms with van der Waals surface area (Å²) in [7, 11) is 0. The molecule has 4 rings (SSSR count). The molecule has 3 heterocycles. The minimum atomic E-state index is -0.810. The third-order valence-corrected chi connectivity index (χ3v) is 4.81. The Bertz CT molecular complexity index is 1080. The number of benzene rings is 1. The first kappa shape index (κ1) is 19.0. The molecule has 1 aliphatic heterocycles. The van der Waals surface area contributed by atoms with Crippen molar-refractivity contribution in [2.24, 2.45) is 0 Å². The summed E-state index contributed by atoms with van der Waals surface area (Å²) in [4.78, 5) is 31.3. The minimum absolute atomic E-state index is 0.0362. The third kappa shape index (κ3) is 4.25. The van der Waals surface area contributed by atoms with Crippen molar-refractivity contribution in [3.8, 4) is 0 Å². The fourth-order valence-electron chi connectivity index (χ4n) is 3.44. The molecule has 10 heteroatoms. The number of anilines is 2. The van der Waals surface area contributed by atoms with E-state index in [0.29, 0.717) is 6.07 Å². The van der Waals surface area contributed by atoms with Gasteiger partial charge >= 0.3 is 5.69 Å². The number of hydrogen-bond acceptors (Lipinski definition) is 5. The van der Waals surface area contributed by atoms with Crippen LogP contribution in [-0.2, 0) is 11.3 Å². The van der Waals surface area contributed by atoms with Crippen LogP contribution in [-0.4, -0.2) is 38.2 Å². The molecular formula is C19H20F2N6O2. The molecule has 1 fully saturated rings. The number of amides is 1. The molecule has 2 aromatic heterocycles. The number of nitrogens with one attached hydrogen (secondary N) is 1. The lowest BCUT2D eigenvalue weighted by molar-refractivity contribution is -0.117. The lowest BCUT2D eigenvalue weighted by Gasteiger charge is -2.20. The predicted octanol–water partition coefficient (Wildman–Crippen LogP) is 2.19. The molecule has 1 amide bonds.